The maximum Gasteiger partial charge on any atom is 0.412 e. The fraction of sp³-hybridized carbons (Fsp3) is 0.385. The highest BCUT2D eigenvalue weighted by Crippen LogP contribution is 2.39. The molecule has 2 saturated carbocycles. The van der Waals surface area contributed by atoms with E-state index >= 15 is 0 Å². The Morgan fingerprint density at radius 2 is 0.879 bits per heavy atom. The summed E-state index contributed by atoms with van der Waals surface area (Å²) in [6.45, 7) is 3.49. The quantitative estimate of drug-likeness (QED) is 0.0479. The molecule has 14 nitrogen and oxygen atoms in total. The van der Waals surface area contributed by atoms with Gasteiger partial charge in [-0.15, -0.1) is 0 Å². The molecule has 0 bridgehead atoms. The monoisotopic (exact) mass is 898 g/mol. The van der Waals surface area contributed by atoms with Gasteiger partial charge in [-0.05, 0) is 99.3 Å². The molecule has 4 aromatic rings. The molecule has 0 saturated heterocycles. The zero-order valence-corrected chi connectivity index (χ0v) is 38.2. The number of ketones is 2. The van der Waals surface area contributed by atoms with Gasteiger partial charge in [-0.1, -0.05) is 109 Å². The van der Waals surface area contributed by atoms with E-state index in [1.54, 1.807) is 38.1 Å². The lowest BCUT2D eigenvalue weighted by molar-refractivity contribution is -0.129. The zero-order chi connectivity index (χ0) is 47.6. The van der Waals surface area contributed by atoms with E-state index in [1.165, 1.54) is 25.3 Å². The minimum absolute atomic E-state index is 0.00914. The molecule has 6 rings (SSSR count). The number of hydrogen-bond donors (Lipinski definition) is 6. The second kappa shape index (κ2) is 24.9. The van der Waals surface area contributed by atoms with E-state index in [0.29, 0.717) is 48.6 Å². The number of hydrogen-bond acceptors (Lipinski definition) is 10. The third-order valence-electron chi connectivity index (χ3n) is 12.5. The summed E-state index contributed by atoms with van der Waals surface area (Å²) in [6, 6.07) is 33.7. The number of Topliss-reactive ketones (excluding diaryl/α,β-unsaturated/α-hetero) is 2. The van der Waals surface area contributed by atoms with Crippen LogP contribution >= 0.6 is 0 Å². The first-order chi connectivity index (χ1) is 31.7. The van der Waals surface area contributed by atoms with Crippen molar-refractivity contribution in [3.8, 4) is 0 Å². The van der Waals surface area contributed by atoms with Crippen LogP contribution in [-0.4, -0.2) is 73.5 Å². The van der Waals surface area contributed by atoms with Crippen LogP contribution in [0.3, 0.4) is 0 Å². The van der Waals surface area contributed by atoms with Crippen molar-refractivity contribution in [1.82, 2.24) is 21.3 Å². The van der Waals surface area contributed by atoms with Gasteiger partial charge in [0.1, 0.15) is 11.7 Å². The standard InChI is InChI=1S/2C26H31N3O4/c2*1-17(28-25(31)22-14-13-21(16-22)19-6-4-3-5-7-19)23(30)15-10-18-8-11-20(12-9-18)24(27)29-26(32)33-2/h2*3-9,11-12,17,21-22H,10,13-16H2,1-2H3,(H,28,31)(H2,27,29,32)/t2*17-,21+,22+/m00/s1. The molecule has 0 heterocycles. The number of carbonyl (C=O) groups is 6. The molecule has 4 aromatic carbocycles. The summed E-state index contributed by atoms with van der Waals surface area (Å²) in [6.07, 6.45) is 5.64. The smallest absolute Gasteiger partial charge is 0.412 e. The normalized spacial score (nSPS) is 18.2. The fourth-order valence-electron chi connectivity index (χ4n) is 8.41. The number of amidine groups is 2. The van der Waals surface area contributed by atoms with Crippen molar-refractivity contribution >= 4 is 47.2 Å². The first-order valence-corrected chi connectivity index (χ1v) is 22.6. The van der Waals surface area contributed by atoms with Crippen LogP contribution < -0.4 is 21.3 Å². The number of alkyl carbamates (subject to hydrolysis) is 2. The number of aryl methyl sites for hydroxylation is 2. The van der Waals surface area contributed by atoms with E-state index in [1.807, 2.05) is 60.7 Å². The Balaban J connectivity index is 0.000000247. The van der Waals surface area contributed by atoms with Crippen LogP contribution in [0.4, 0.5) is 9.59 Å². The number of methoxy groups -OCH3 is 2. The maximum atomic E-state index is 12.7. The third-order valence-corrected chi connectivity index (χ3v) is 12.5. The van der Waals surface area contributed by atoms with E-state index in [9.17, 15) is 28.8 Å². The summed E-state index contributed by atoms with van der Waals surface area (Å²) in [7, 11) is 2.47. The van der Waals surface area contributed by atoms with Crippen molar-refractivity contribution in [2.24, 2.45) is 11.8 Å². The van der Waals surface area contributed by atoms with Gasteiger partial charge in [-0.25, -0.2) is 9.59 Å². The summed E-state index contributed by atoms with van der Waals surface area (Å²) in [4.78, 5) is 72.9. The summed E-state index contributed by atoms with van der Waals surface area (Å²) >= 11 is 0. The number of nitrogens with one attached hydrogen (secondary N) is 6. The van der Waals surface area contributed by atoms with E-state index in [4.69, 9.17) is 10.8 Å². The van der Waals surface area contributed by atoms with Crippen LogP contribution in [-0.2, 0) is 41.5 Å². The highest BCUT2D eigenvalue weighted by atomic mass is 16.5. The Morgan fingerprint density at radius 3 is 1.21 bits per heavy atom. The molecule has 4 amide bonds. The van der Waals surface area contributed by atoms with Crippen LogP contribution in [0.25, 0.3) is 0 Å². The summed E-state index contributed by atoms with van der Waals surface area (Å²) in [5, 5.41) is 26.1. The lowest BCUT2D eigenvalue weighted by Crippen LogP contribution is -2.41. The van der Waals surface area contributed by atoms with Crippen molar-refractivity contribution in [2.45, 2.75) is 102 Å². The van der Waals surface area contributed by atoms with Gasteiger partial charge in [-0.2, -0.15) is 0 Å². The van der Waals surface area contributed by atoms with Gasteiger partial charge in [0.15, 0.2) is 11.6 Å². The van der Waals surface area contributed by atoms with Crippen molar-refractivity contribution in [3.05, 3.63) is 143 Å². The van der Waals surface area contributed by atoms with E-state index < -0.39 is 24.3 Å². The molecule has 0 radical (unpaired) electrons. The second-order valence-electron chi connectivity index (χ2n) is 17.0. The van der Waals surface area contributed by atoms with Crippen LogP contribution in [0.5, 0.6) is 0 Å². The van der Waals surface area contributed by atoms with Crippen LogP contribution in [0.2, 0.25) is 0 Å². The van der Waals surface area contributed by atoms with E-state index in [2.05, 4.69) is 55.0 Å². The Labute approximate surface area is 387 Å². The van der Waals surface area contributed by atoms with Gasteiger partial charge < -0.3 is 20.1 Å². The maximum absolute atomic E-state index is 12.7. The molecule has 0 aromatic heterocycles. The highest BCUT2D eigenvalue weighted by Gasteiger charge is 2.33. The number of ether oxygens (including phenoxy) is 2. The molecule has 2 fully saturated rings. The number of carbonyl (C=O) groups excluding carboxylic acids is 6. The van der Waals surface area contributed by atoms with Gasteiger partial charge in [0.25, 0.3) is 0 Å². The predicted molar refractivity (Wildman–Crippen MR) is 253 cm³/mol. The minimum Gasteiger partial charge on any atom is -0.453 e. The Bertz CT molecular complexity index is 2140. The molecule has 2 aliphatic rings. The van der Waals surface area contributed by atoms with Crippen molar-refractivity contribution in [2.75, 3.05) is 14.2 Å². The average molecular weight is 899 g/mol. The molecule has 2 aliphatic carbocycles. The summed E-state index contributed by atoms with van der Waals surface area (Å²) in [5.74, 6) is 0.518. The van der Waals surface area contributed by atoms with Crippen LogP contribution in [0.15, 0.2) is 109 Å². The van der Waals surface area contributed by atoms with Crippen LogP contribution in [0.1, 0.15) is 110 Å². The molecule has 66 heavy (non-hydrogen) atoms. The molecule has 6 N–H and O–H groups in total. The predicted octanol–water partition coefficient (Wildman–Crippen LogP) is 7.92. The molecule has 6 atom stereocenters. The summed E-state index contributed by atoms with van der Waals surface area (Å²) < 4.78 is 8.96. The lowest BCUT2D eigenvalue weighted by Gasteiger charge is -2.17. The number of benzene rings is 4. The van der Waals surface area contributed by atoms with Crippen molar-refractivity contribution < 1.29 is 38.2 Å². The first kappa shape index (κ1) is 50.0. The highest BCUT2D eigenvalue weighted by molar-refractivity contribution is 6.05. The van der Waals surface area contributed by atoms with Gasteiger partial charge in [0.05, 0.1) is 26.3 Å². The Kier molecular flexibility index (Phi) is 18.9. The molecular formula is C52H62N6O8. The molecule has 0 aliphatic heterocycles. The summed E-state index contributed by atoms with van der Waals surface area (Å²) in [5.41, 5.74) is 5.53. The fourth-order valence-corrected chi connectivity index (χ4v) is 8.41. The second-order valence-corrected chi connectivity index (χ2v) is 17.0. The third kappa shape index (κ3) is 15.1. The molecule has 0 unspecified atom stereocenters. The van der Waals surface area contributed by atoms with E-state index in [0.717, 1.165) is 49.7 Å². The van der Waals surface area contributed by atoms with Gasteiger partial charge >= 0.3 is 12.2 Å². The average Bonchev–Trinajstić information content (AvgIpc) is 4.05. The molecule has 0 spiro atoms. The number of rotatable bonds is 16. The van der Waals surface area contributed by atoms with Crippen LogP contribution in [0, 0.1) is 22.7 Å². The largest absolute Gasteiger partial charge is 0.453 e. The minimum atomic E-state index is -0.695. The molecule has 348 valence electrons. The van der Waals surface area contributed by atoms with Gasteiger partial charge in [-0.3, -0.25) is 40.6 Å². The van der Waals surface area contributed by atoms with E-state index in [-0.39, 0.29) is 46.9 Å². The van der Waals surface area contributed by atoms with Crippen molar-refractivity contribution in [1.29, 1.82) is 10.8 Å². The van der Waals surface area contributed by atoms with Gasteiger partial charge in [0, 0.05) is 35.8 Å². The number of amides is 4. The molecule has 14 heteroatoms. The van der Waals surface area contributed by atoms with Crippen molar-refractivity contribution in [3.63, 3.8) is 0 Å². The Morgan fingerprint density at radius 1 is 0.530 bits per heavy atom. The lowest BCUT2D eigenvalue weighted by atomic mass is 9.96. The Hall–Kier alpha value is -6.96. The SMILES string of the molecule is COC(=O)NC(=N)c1ccc(CCC(=O)[C@H](C)NC(=O)[C@@H]2CC[C@@H](c3ccccc3)C2)cc1.COC(=O)NC(=N)c1ccc(CCC(=O)[C@H](C)NC(=O)[C@@H]2CC[C@@H](c3ccccc3)C2)cc1. The first-order valence-electron chi connectivity index (χ1n) is 22.6. The topological polar surface area (TPSA) is 217 Å². The molecular weight excluding hydrogens is 837 g/mol. The zero-order valence-electron chi connectivity index (χ0n) is 38.2. The van der Waals surface area contributed by atoms with Gasteiger partial charge in [0.2, 0.25) is 11.8 Å².